The molecule has 1 unspecified atom stereocenters. The highest BCUT2D eigenvalue weighted by Gasteiger charge is 2.46. The number of carbonyl (C=O) groups excluding carboxylic acids is 2. The first kappa shape index (κ1) is 17.2. The summed E-state index contributed by atoms with van der Waals surface area (Å²) in [6.45, 7) is 1.51. The highest BCUT2D eigenvalue weighted by Crippen LogP contribution is 2.30. The molecule has 1 amide bonds. The van der Waals surface area contributed by atoms with Crippen LogP contribution in [0.4, 0.5) is 10.1 Å². The number of nitrogens with one attached hydrogen (secondary N) is 1. The average molecular weight is 362 g/mol. The fraction of sp³-hybridized carbons (Fsp3) is 0.176. The van der Waals surface area contributed by atoms with Crippen molar-refractivity contribution in [3.63, 3.8) is 0 Å². The van der Waals surface area contributed by atoms with Gasteiger partial charge in [-0.2, -0.15) is 4.31 Å². The molecule has 3 rings (SSSR count). The molecule has 0 aliphatic carbocycles. The Morgan fingerprint density at radius 1 is 1.16 bits per heavy atom. The molecule has 0 radical (unpaired) electrons. The number of anilines is 1. The molecule has 0 spiro atoms. The number of benzene rings is 2. The van der Waals surface area contributed by atoms with Gasteiger partial charge in [0.2, 0.25) is 10.0 Å². The number of rotatable bonds is 3. The van der Waals surface area contributed by atoms with Crippen LogP contribution < -0.4 is 5.32 Å². The van der Waals surface area contributed by atoms with E-state index < -0.39 is 33.6 Å². The normalized spacial score (nSPS) is 19.3. The lowest BCUT2D eigenvalue weighted by atomic mass is 10.0. The predicted molar refractivity (Wildman–Crippen MR) is 89.2 cm³/mol. The van der Waals surface area contributed by atoms with Crippen molar-refractivity contribution in [1.29, 1.82) is 0 Å². The third-order valence-corrected chi connectivity index (χ3v) is 5.95. The molecule has 1 aliphatic rings. The van der Waals surface area contributed by atoms with Gasteiger partial charge in [0.05, 0.1) is 4.90 Å². The summed E-state index contributed by atoms with van der Waals surface area (Å²) in [5.41, 5.74) is 0.262. The van der Waals surface area contributed by atoms with Crippen molar-refractivity contribution in [1.82, 2.24) is 4.31 Å². The molecule has 0 aromatic heterocycles. The fourth-order valence-corrected chi connectivity index (χ4v) is 4.54. The van der Waals surface area contributed by atoms with Gasteiger partial charge in [-0.25, -0.2) is 12.8 Å². The van der Waals surface area contributed by atoms with E-state index in [4.69, 9.17) is 0 Å². The molecule has 0 saturated heterocycles. The zero-order valence-corrected chi connectivity index (χ0v) is 14.1. The Balaban J connectivity index is 2.01. The number of hydrogen-bond acceptors (Lipinski definition) is 4. The van der Waals surface area contributed by atoms with Gasteiger partial charge in [0.1, 0.15) is 5.82 Å². The highest BCUT2D eigenvalue weighted by molar-refractivity contribution is 7.89. The summed E-state index contributed by atoms with van der Waals surface area (Å²) < 4.78 is 39.3. The molecular weight excluding hydrogens is 347 g/mol. The van der Waals surface area contributed by atoms with E-state index in [9.17, 15) is 22.4 Å². The van der Waals surface area contributed by atoms with E-state index >= 15 is 0 Å². The Labute approximate surface area is 144 Å². The topological polar surface area (TPSA) is 83.6 Å². The standard InChI is InChI=1S/C17H15FN2O4S/c1-2-20-15(17(22)19-12-9-7-11(18)8-10-12)16(21)13-5-3-4-6-14(13)25(20,23)24/h3-10,15H,2H2,1H3,(H,19,22). The number of sulfonamides is 1. The molecule has 130 valence electrons. The van der Waals surface area contributed by atoms with Crippen molar-refractivity contribution in [2.24, 2.45) is 0 Å². The Morgan fingerprint density at radius 2 is 1.80 bits per heavy atom. The Kier molecular flexibility index (Phi) is 4.40. The van der Waals surface area contributed by atoms with Gasteiger partial charge in [0.25, 0.3) is 5.91 Å². The lowest BCUT2D eigenvalue weighted by Gasteiger charge is -2.32. The van der Waals surface area contributed by atoms with Crippen LogP contribution in [-0.2, 0) is 14.8 Å². The minimum Gasteiger partial charge on any atom is -0.324 e. The molecule has 6 nitrogen and oxygen atoms in total. The van der Waals surface area contributed by atoms with Crippen LogP contribution in [0.2, 0.25) is 0 Å². The quantitative estimate of drug-likeness (QED) is 0.847. The van der Waals surface area contributed by atoms with Crippen LogP contribution in [0.15, 0.2) is 53.4 Å². The first-order valence-electron chi connectivity index (χ1n) is 7.57. The zero-order chi connectivity index (χ0) is 18.2. The van der Waals surface area contributed by atoms with E-state index in [0.717, 1.165) is 16.4 Å². The molecule has 2 aromatic carbocycles. The van der Waals surface area contributed by atoms with Crippen LogP contribution in [-0.4, -0.2) is 37.0 Å². The lowest BCUT2D eigenvalue weighted by molar-refractivity contribution is -0.118. The van der Waals surface area contributed by atoms with E-state index in [-0.39, 0.29) is 22.7 Å². The fourth-order valence-electron chi connectivity index (χ4n) is 2.78. The summed E-state index contributed by atoms with van der Waals surface area (Å²) in [7, 11) is -3.97. The van der Waals surface area contributed by atoms with Crippen LogP contribution in [0.5, 0.6) is 0 Å². The molecule has 0 fully saturated rings. The molecule has 1 N–H and O–H groups in total. The summed E-state index contributed by atoms with van der Waals surface area (Å²) in [5, 5.41) is 2.47. The van der Waals surface area contributed by atoms with Crippen molar-refractivity contribution in [2.75, 3.05) is 11.9 Å². The van der Waals surface area contributed by atoms with Gasteiger partial charge in [-0.3, -0.25) is 9.59 Å². The number of likely N-dealkylation sites (N-methyl/N-ethyl adjacent to an activating group) is 1. The maximum absolute atomic E-state index is 13.0. The molecular formula is C17H15FN2O4S. The number of halogens is 1. The number of amides is 1. The third kappa shape index (κ3) is 2.94. The van der Waals surface area contributed by atoms with Crippen LogP contribution in [0.25, 0.3) is 0 Å². The van der Waals surface area contributed by atoms with Gasteiger partial charge >= 0.3 is 0 Å². The third-order valence-electron chi connectivity index (χ3n) is 3.95. The van der Waals surface area contributed by atoms with Crippen LogP contribution in [0.3, 0.4) is 0 Å². The second-order valence-corrected chi connectivity index (χ2v) is 7.33. The van der Waals surface area contributed by atoms with Gasteiger partial charge in [-0.1, -0.05) is 19.1 Å². The molecule has 0 bridgehead atoms. The molecule has 2 aromatic rings. The lowest BCUT2D eigenvalue weighted by Crippen LogP contribution is -2.54. The first-order valence-corrected chi connectivity index (χ1v) is 9.01. The number of hydrogen-bond donors (Lipinski definition) is 1. The highest BCUT2D eigenvalue weighted by atomic mass is 32.2. The molecule has 1 atom stereocenters. The van der Waals surface area contributed by atoms with Gasteiger partial charge in [0, 0.05) is 17.8 Å². The molecule has 1 heterocycles. The number of ketones is 1. The summed E-state index contributed by atoms with van der Waals surface area (Å²) in [5.74, 6) is -1.85. The van der Waals surface area contributed by atoms with E-state index in [2.05, 4.69) is 5.32 Å². The number of Topliss-reactive ketones (excluding diaryl/α,β-unsaturated/α-hetero) is 1. The van der Waals surface area contributed by atoms with Crippen LogP contribution in [0.1, 0.15) is 17.3 Å². The van der Waals surface area contributed by atoms with Gasteiger partial charge in [-0.15, -0.1) is 0 Å². The predicted octanol–water partition coefficient (Wildman–Crippen LogP) is 2.04. The van der Waals surface area contributed by atoms with Crippen molar-refractivity contribution < 1.29 is 22.4 Å². The van der Waals surface area contributed by atoms with Crippen LogP contribution in [0, 0.1) is 5.82 Å². The van der Waals surface area contributed by atoms with Crippen molar-refractivity contribution in [2.45, 2.75) is 17.9 Å². The molecule has 8 heteroatoms. The smallest absolute Gasteiger partial charge is 0.250 e. The zero-order valence-electron chi connectivity index (χ0n) is 13.3. The largest absolute Gasteiger partial charge is 0.324 e. The number of carbonyl (C=O) groups is 2. The SMILES string of the molecule is CCN1C(C(=O)Nc2ccc(F)cc2)C(=O)c2ccccc2S1(=O)=O. The minimum absolute atomic E-state index is 0.00791. The summed E-state index contributed by atoms with van der Waals surface area (Å²) in [6, 6.07) is 9.27. The second-order valence-electron chi connectivity index (χ2n) is 5.47. The second kappa shape index (κ2) is 6.38. The Morgan fingerprint density at radius 3 is 2.44 bits per heavy atom. The summed E-state index contributed by atoms with van der Waals surface area (Å²) >= 11 is 0. The number of nitrogens with zero attached hydrogens (tertiary/aromatic N) is 1. The number of fused-ring (bicyclic) bond motifs is 1. The van der Waals surface area contributed by atoms with Gasteiger partial charge < -0.3 is 5.32 Å². The van der Waals surface area contributed by atoms with E-state index in [0.29, 0.717) is 0 Å². The molecule has 25 heavy (non-hydrogen) atoms. The van der Waals surface area contributed by atoms with Crippen molar-refractivity contribution >= 4 is 27.4 Å². The van der Waals surface area contributed by atoms with E-state index in [1.807, 2.05) is 0 Å². The Bertz CT molecular complexity index is 941. The first-order chi connectivity index (χ1) is 11.9. The Hall–Kier alpha value is -2.58. The average Bonchev–Trinajstić information content (AvgIpc) is 2.60. The summed E-state index contributed by atoms with van der Waals surface area (Å²) in [4.78, 5) is 25.2. The maximum Gasteiger partial charge on any atom is 0.250 e. The van der Waals surface area contributed by atoms with E-state index in [1.54, 1.807) is 13.0 Å². The molecule has 1 aliphatic heterocycles. The molecule has 0 saturated carbocycles. The monoisotopic (exact) mass is 362 g/mol. The minimum atomic E-state index is -3.97. The summed E-state index contributed by atoms with van der Waals surface area (Å²) in [6.07, 6.45) is 0. The van der Waals surface area contributed by atoms with Gasteiger partial charge in [-0.05, 0) is 36.4 Å². The van der Waals surface area contributed by atoms with Crippen molar-refractivity contribution in [3.8, 4) is 0 Å². The maximum atomic E-state index is 13.0. The van der Waals surface area contributed by atoms with Crippen LogP contribution >= 0.6 is 0 Å². The van der Waals surface area contributed by atoms with Crippen molar-refractivity contribution in [3.05, 3.63) is 59.9 Å². The van der Waals surface area contributed by atoms with Gasteiger partial charge in [0.15, 0.2) is 11.8 Å². The van der Waals surface area contributed by atoms with E-state index in [1.165, 1.54) is 30.3 Å².